The van der Waals surface area contributed by atoms with Gasteiger partial charge in [0.2, 0.25) is 0 Å². The summed E-state index contributed by atoms with van der Waals surface area (Å²) >= 11 is 0. The molecule has 0 amide bonds. The maximum atomic E-state index is 12.7. The zero-order chi connectivity index (χ0) is 13.3. The normalized spacial score (nSPS) is 25.1. The first-order valence-corrected chi connectivity index (χ1v) is 5.64. The van der Waals surface area contributed by atoms with Crippen LogP contribution in [0.5, 0.6) is 0 Å². The van der Waals surface area contributed by atoms with Crippen LogP contribution in [0.3, 0.4) is 0 Å². The fourth-order valence-electron chi connectivity index (χ4n) is 2.44. The first kappa shape index (κ1) is 12.9. The van der Waals surface area contributed by atoms with Crippen LogP contribution >= 0.6 is 0 Å². The SMILES string of the molecule is O=C(O)c1conc1[C@@H]1CCC[C@@H](C(F)(F)F)C1. The van der Waals surface area contributed by atoms with Crippen molar-refractivity contribution in [3.63, 3.8) is 0 Å². The zero-order valence-corrected chi connectivity index (χ0v) is 9.41. The lowest BCUT2D eigenvalue weighted by atomic mass is 9.78. The number of alkyl halides is 3. The van der Waals surface area contributed by atoms with Crippen LogP contribution < -0.4 is 0 Å². The molecule has 1 fully saturated rings. The molecule has 0 aliphatic heterocycles. The molecule has 0 aromatic carbocycles. The zero-order valence-electron chi connectivity index (χ0n) is 9.41. The van der Waals surface area contributed by atoms with E-state index in [1.807, 2.05) is 0 Å². The second kappa shape index (κ2) is 4.62. The lowest BCUT2D eigenvalue weighted by Gasteiger charge is -2.29. The number of hydrogen-bond acceptors (Lipinski definition) is 3. The van der Waals surface area contributed by atoms with Gasteiger partial charge < -0.3 is 9.63 Å². The van der Waals surface area contributed by atoms with Crippen molar-refractivity contribution in [1.82, 2.24) is 5.16 Å². The van der Waals surface area contributed by atoms with Crippen LogP contribution in [0.4, 0.5) is 13.2 Å². The van der Waals surface area contributed by atoms with E-state index in [2.05, 4.69) is 9.68 Å². The standard InChI is InChI=1S/C11H12F3NO3/c12-11(13,14)7-3-1-2-6(4-7)9-8(10(16)17)5-18-15-9/h5-7H,1-4H2,(H,16,17)/t6-,7-/m1/s1. The van der Waals surface area contributed by atoms with Crippen molar-refractivity contribution in [2.24, 2.45) is 5.92 Å². The third kappa shape index (κ3) is 2.49. The minimum absolute atomic E-state index is 0.0975. The number of carbonyl (C=O) groups is 1. The van der Waals surface area contributed by atoms with Gasteiger partial charge in [-0.05, 0) is 19.3 Å². The molecular weight excluding hydrogens is 251 g/mol. The monoisotopic (exact) mass is 263 g/mol. The molecule has 1 N–H and O–H groups in total. The van der Waals surface area contributed by atoms with Gasteiger partial charge in [0.25, 0.3) is 0 Å². The van der Waals surface area contributed by atoms with Crippen molar-refractivity contribution in [3.05, 3.63) is 17.5 Å². The van der Waals surface area contributed by atoms with Gasteiger partial charge in [-0.25, -0.2) is 4.79 Å². The molecule has 0 radical (unpaired) electrons. The molecule has 7 heteroatoms. The topological polar surface area (TPSA) is 63.3 Å². The largest absolute Gasteiger partial charge is 0.478 e. The first-order chi connectivity index (χ1) is 8.39. The maximum absolute atomic E-state index is 12.7. The van der Waals surface area contributed by atoms with E-state index in [1.165, 1.54) is 0 Å². The Balaban J connectivity index is 2.18. The summed E-state index contributed by atoms with van der Waals surface area (Å²) in [6.45, 7) is 0. The molecule has 1 saturated carbocycles. The number of nitrogens with zero attached hydrogens (tertiary/aromatic N) is 1. The molecule has 2 atom stereocenters. The lowest BCUT2D eigenvalue weighted by molar-refractivity contribution is -0.183. The molecule has 0 bridgehead atoms. The third-order valence-corrected chi connectivity index (χ3v) is 3.35. The minimum atomic E-state index is -4.23. The summed E-state index contributed by atoms with van der Waals surface area (Å²) < 4.78 is 42.5. The Morgan fingerprint density at radius 2 is 2.17 bits per heavy atom. The van der Waals surface area contributed by atoms with Gasteiger partial charge in [-0.2, -0.15) is 13.2 Å². The average molecular weight is 263 g/mol. The number of carboxylic acids is 1. The fourth-order valence-corrected chi connectivity index (χ4v) is 2.44. The first-order valence-electron chi connectivity index (χ1n) is 5.64. The van der Waals surface area contributed by atoms with E-state index in [0.29, 0.717) is 12.8 Å². The van der Waals surface area contributed by atoms with E-state index in [-0.39, 0.29) is 24.1 Å². The van der Waals surface area contributed by atoms with Crippen molar-refractivity contribution in [2.45, 2.75) is 37.8 Å². The van der Waals surface area contributed by atoms with Gasteiger partial charge >= 0.3 is 12.1 Å². The van der Waals surface area contributed by atoms with Gasteiger partial charge in [0, 0.05) is 5.92 Å². The lowest BCUT2D eigenvalue weighted by Crippen LogP contribution is -2.28. The van der Waals surface area contributed by atoms with Gasteiger partial charge in [0.05, 0.1) is 5.92 Å². The van der Waals surface area contributed by atoms with Crippen LogP contribution in [-0.4, -0.2) is 22.4 Å². The van der Waals surface area contributed by atoms with Gasteiger partial charge in [-0.1, -0.05) is 11.6 Å². The van der Waals surface area contributed by atoms with E-state index >= 15 is 0 Å². The van der Waals surface area contributed by atoms with Gasteiger partial charge in [-0.15, -0.1) is 0 Å². The number of rotatable bonds is 2. The summed E-state index contributed by atoms with van der Waals surface area (Å²) in [5, 5.41) is 12.4. The van der Waals surface area contributed by atoms with Crippen LogP contribution in [-0.2, 0) is 0 Å². The van der Waals surface area contributed by atoms with Crippen LogP contribution in [0.15, 0.2) is 10.8 Å². The van der Waals surface area contributed by atoms with Crippen LogP contribution in [0.1, 0.15) is 47.7 Å². The maximum Gasteiger partial charge on any atom is 0.391 e. The summed E-state index contributed by atoms with van der Waals surface area (Å²) in [5.41, 5.74) is -0.000672. The Kier molecular flexibility index (Phi) is 3.32. The third-order valence-electron chi connectivity index (χ3n) is 3.35. The molecule has 1 aliphatic carbocycles. The highest BCUT2D eigenvalue weighted by molar-refractivity contribution is 5.88. The van der Waals surface area contributed by atoms with Crippen LogP contribution in [0.2, 0.25) is 0 Å². The Morgan fingerprint density at radius 3 is 2.78 bits per heavy atom. The summed E-state index contributed by atoms with van der Waals surface area (Å²) in [6, 6.07) is 0. The molecule has 1 aliphatic rings. The molecule has 0 spiro atoms. The Morgan fingerprint density at radius 1 is 1.44 bits per heavy atom. The molecule has 18 heavy (non-hydrogen) atoms. The van der Waals surface area contributed by atoms with Gasteiger partial charge in [0.15, 0.2) is 0 Å². The summed E-state index contributed by atoms with van der Waals surface area (Å²) in [7, 11) is 0. The van der Waals surface area contributed by atoms with Crippen LogP contribution in [0.25, 0.3) is 0 Å². The molecule has 0 saturated heterocycles. The van der Waals surface area contributed by atoms with Crippen LogP contribution in [0, 0.1) is 5.92 Å². The molecule has 4 nitrogen and oxygen atoms in total. The highest BCUT2D eigenvalue weighted by Gasteiger charge is 2.43. The van der Waals surface area contributed by atoms with E-state index in [9.17, 15) is 18.0 Å². The Hall–Kier alpha value is -1.53. The number of halogens is 3. The number of hydrogen-bond donors (Lipinski definition) is 1. The van der Waals surface area contributed by atoms with Crippen molar-refractivity contribution in [3.8, 4) is 0 Å². The van der Waals surface area contributed by atoms with E-state index < -0.39 is 24.0 Å². The van der Waals surface area contributed by atoms with E-state index in [4.69, 9.17) is 5.11 Å². The highest BCUT2D eigenvalue weighted by atomic mass is 19.4. The molecular formula is C11H12F3NO3. The van der Waals surface area contributed by atoms with Crippen molar-refractivity contribution >= 4 is 5.97 Å². The second-order valence-electron chi connectivity index (χ2n) is 4.52. The van der Waals surface area contributed by atoms with E-state index in [0.717, 1.165) is 6.26 Å². The van der Waals surface area contributed by atoms with Gasteiger partial charge in [0.1, 0.15) is 17.5 Å². The Bertz CT molecular complexity index is 441. The molecule has 0 unspecified atom stereocenters. The number of carboxylic acid groups (broad SMARTS) is 1. The van der Waals surface area contributed by atoms with E-state index in [1.54, 1.807) is 0 Å². The van der Waals surface area contributed by atoms with Gasteiger partial charge in [-0.3, -0.25) is 0 Å². The molecule has 100 valence electrons. The van der Waals surface area contributed by atoms with Crippen molar-refractivity contribution < 1.29 is 27.6 Å². The second-order valence-corrected chi connectivity index (χ2v) is 4.52. The molecule has 2 rings (SSSR count). The summed E-state index contributed by atoms with van der Waals surface area (Å²) in [6.07, 6.45) is -2.35. The smallest absolute Gasteiger partial charge is 0.391 e. The van der Waals surface area contributed by atoms with Crippen molar-refractivity contribution in [2.75, 3.05) is 0 Å². The highest BCUT2D eigenvalue weighted by Crippen LogP contribution is 2.43. The summed E-state index contributed by atoms with van der Waals surface area (Å²) in [4.78, 5) is 10.9. The minimum Gasteiger partial charge on any atom is -0.478 e. The molecule has 1 aromatic rings. The summed E-state index contributed by atoms with van der Waals surface area (Å²) in [5.74, 6) is -3.09. The van der Waals surface area contributed by atoms with Crippen molar-refractivity contribution in [1.29, 1.82) is 0 Å². The predicted octanol–water partition coefficient (Wildman–Crippen LogP) is 3.21. The predicted molar refractivity (Wildman–Crippen MR) is 54.2 cm³/mol. The fraction of sp³-hybridized carbons (Fsp3) is 0.636. The quantitative estimate of drug-likeness (QED) is 0.889. The molecule has 1 heterocycles. The average Bonchev–Trinajstić information content (AvgIpc) is 2.77. The Labute approximate surface area is 101 Å². The number of aromatic nitrogens is 1. The molecule has 1 aromatic heterocycles. The number of aromatic carboxylic acids is 1.